The van der Waals surface area contributed by atoms with Crippen molar-refractivity contribution in [2.75, 3.05) is 25.4 Å². The maximum absolute atomic E-state index is 5.54. The average Bonchev–Trinajstić information content (AvgIpc) is 3.43. The van der Waals surface area contributed by atoms with Gasteiger partial charge in [-0.25, -0.2) is 4.99 Å². The quantitative estimate of drug-likeness (QED) is 0.703. The van der Waals surface area contributed by atoms with Gasteiger partial charge in [-0.1, -0.05) is 13.0 Å². The van der Waals surface area contributed by atoms with Gasteiger partial charge in [0, 0.05) is 22.6 Å². The maximum atomic E-state index is 5.54. The van der Waals surface area contributed by atoms with Crippen molar-refractivity contribution < 1.29 is 4.74 Å². The van der Waals surface area contributed by atoms with Crippen molar-refractivity contribution in [3.63, 3.8) is 0 Å². The van der Waals surface area contributed by atoms with Crippen LogP contribution in [0.4, 0.5) is 5.69 Å². The van der Waals surface area contributed by atoms with Gasteiger partial charge in [-0.05, 0) is 49.6 Å². The van der Waals surface area contributed by atoms with Gasteiger partial charge < -0.3 is 20.7 Å². The highest BCUT2D eigenvalue weighted by atomic mass is 32.2. The minimum atomic E-state index is 0.305. The lowest BCUT2D eigenvalue weighted by Gasteiger charge is -2.17. The van der Waals surface area contributed by atoms with Crippen molar-refractivity contribution >= 4 is 23.3 Å². The Morgan fingerprint density at radius 3 is 2.88 bits per heavy atom. The summed E-state index contributed by atoms with van der Waals surface area (Å²) in [5, 5.41) is 10.3. The molecule has 1 fully saturated rings. The minimum absolute atomic E-state index is 0.305. The van der Waals surface area contributed by atoms with E-state index in [0.29, 0.717) is 18.6 Å². The van der Waals surface area contributed by atoms with E-state index in [1.54, 1.807) is 18.9 Å². The van der Waals surface area contributed by atoms with E-state index in [1.165, 1.54) is 23.4 Å². The highest BCUT2D eigenvalue weighted by molar-refractivity contribution is 7.98. The predicted molar refractivity (Wildman–Crippen MR) is 106 cm³/mol. The summed E-state index contributed by atoms with van der Waals surface area (Å²) < 4.78 is 5.54. The van der Waals surface area contributed by atoms with Crippen molar-refractivity contribution in [2.24, 2.45) is 10.9 Å². The second kappa shape index (κ2) is 8.34. The first-order valence-corrected chi connectivity index (χ1v) is 9.83. The van der Waals surface area contributed by atoms with Crippen LogP contribution in [-0.4, -0.2) is 31.9 Å². The van der Waals surface area contributed by atoms with E-state index in [2.05, 4.69) is 52.3 Å². The summed E-state index contributed by atoms with van der Waals surface area (Å²) >= 11 is 1.70. The van der Waals surface area contributed by atoms with Crippen molar-refractivity contribution in [1.29, 1.82) is 0 Å². The number of nitrogens with zero attached hydrogens (tertiary/aromatic N) is 1. The van der Waals surface area contributed by atoms with Crippen molar-refractivity contribution in [1.82, 2.24) is 10.6 Å². The van der Waals surface area contributed by atoms with Crippen molar-refractivity contribution in [3.8, 4) is 5.75 Å². The van der Waals surface area contributed by atoms with Gasteiger partial charge in [0.15, 0.2) is 0 Å². The minimum Gasteiger partial charge on any atom is -0.495 e. The van der Waals surface area contributed by atoms with Crippen LogP contribution in [0, 0.1) is 5.92 Å². The Morgan fingerprint density at radius 1 is 1.32 bits per heavy atom. The van der Waals surface area contributed by atoms with E-state index in [1.807, 2.05) is 18.3 Å². The molecular formula is C19H26N4OS. The maximum Gasteiger partial charge on any atom is 0.143 e. The molecule has 1 atom stereocenters. The number of aliphatic imine (C=N–C) groups is 1. The van der Waals surface area contributed by atoms with Crippen LogP contribution >= 0.6 is 11.8 Å². The van der Waals surface area contributed by atoms with Crippen LogP contribution in [-0.2, 0) is 0 Å². The lowest BCUT2D eigenvalue weighted by atomic mass is 10.1. The van der Waals surface area contributed by atoms with E-state index >= 15 is 0 Å². The first-order chi connectivity index (χ1) is 12.2. The Kier molecular flexibility index (Phi) is 5.91. The zero-order chi connectivity index (χ0) is 17.6. The van der Waals surface area contributed by atoms with Crippen LogP contribution in [0.3, 0.4) is 0 Å². The molecule has 1 heterocycles. The third-order valence-corrected chi connectivity index (χ3v) is 4.97. The first kappa shape index (κ1) is 17.7. The number of anilines is 1. The second-order valence-electron chi connectivity index (χ2n) is 6.26. The molecule has 25 heavy (non-hydrogen) atoms. The van der Waals surface area contributed by atoms with E-state index in [-0.39, 0.29) is 0 Å². The highest BCUT2D eigenvalue weighted by Gasteiger charge is 2.23. The molecule has 5 nitrogen and oxygen atoms in total. The standard InChI is InChI=1S/C19H26N4OS/c1-13-8-9-20-12-21-19(11-17(13)22-14-4-5-14)23-16-7-6-15(25-3)10-18(16)24-2/h6-11,13-14,20,22H,4-5,12H2,1-3H3,(H,21,23)/b9-8-,17-11?/t13-/m1/s1. The number of thioether (sulfide) groups is 1. The lowest BCUT2D eigenvalue weighted by molar-refractivity contribution is 0.416. The van der Waals surface area contributed by atoms with E-state index in [4.69, 9.17) is 4.74 Å². The molecule has 0 amide bonds. The number of hydrogen-bond donors (Lipinski definition) is 3. The van der Waals surface area contributed by atoms with Gasteiger partial charge in [0.05, 0.1) is 12.8 Å². The lowest BCUT2D eigenvalue weighted by Crippen LogP contribution is -2.23. The molecule has 0 aromatic heterocycles. The molecule has 3 N–H and O–H groups in total. The zero-order valence-corrected chi connectivity index (χ0v) is 15.8. The number of rotatable bonds is 5. The van der Waals surface area contributed by atoms with Crippen LogP contribution in [0.25, 0.3) is 0 Å². The SMILES string of the molecule is COc1cc(SC)ccc1NC1=NCN/C=C\[C@@H](C)C(NC2CC2)=C1. The molecule has 0 spiro atoms. The van der Waals surface area contributed by atoms with Gasteiger partial charge in [0.25, 0.3) is 0 Å². The molecule has 0 unspecified atom stereocenters. The molecule has 6 heteroatoms. The van der Waals surface area contributed by atoms with Gasteiger partial charge in [-0.3, -0.25) is 0 Å². The summed E-state index contributed by atoms with van der Waals surface area (Å²) in [7, 11) is 1.69. The number of amidine groups is 1. The monoisotopic (exact) mass is 358 g/mol. The highest BCUT2D eigenvalue weighted by Crippen LogP contribution is 2.30. The molecule has 1 aliphatic carbocycles. The third-order valence-electron chi connectivity index (χ3n) is 4.25. The number of nitrogens with one attached hydrogen (secondary N) is 3. The molecule has 1 aromatic rings. The number of ether oxygens (including phenoxy) is 1. The number of allylic oxidation sites excluding steroid dienone is 1. The molecule has 1 aromatic carbocycles. The van der Waals surface area contributed by atoms with Crippen LogP contribution in [0.1, 0.15) is 19.8 Å². The fourth-order valence-corrected chi connectivity index (χ4v) is 3.00. The zero-order valence-electron chi connectivity index (χ0n) is 15.0. The molecule has 2 aliphatic rings. The van der Waals surface area contributed by atoms with Gasteiger partial charge >= 0.3 is 0 Å². The van der Waals surface area contributed by atoms with Crippen LogP contribution in [0.15, 0.2) is 52.1 Å². The first-order valence-electron chi connectivity index (χ1n) is 8.61. The van der Waals surface area contributed by atoms with E-state index < -0.39 is 0 Å². The Bertz CT molecular complexity index is 695. The van der Waals surface area contributed by atoms with Gasteiger partial charge in [0.1, 0.15) is 18.3 Å². The number of hydrogen-bond acceptors (Lipinski definition) is 6. The van der Waals surface area contributed by atoms with Gasteiger partial charge in [0.2, 0.25) is 0 Å². The Hall–Kier alpha value is -2.08. The fourth-order valence-electron chi connectivity index (χ4n) is 2.58. The molecular weight excluding hydrogens is 332 g/mol. The van der Waals surface area contributed by atoms with Crippen molar-refractivity contribution in [3.05, 3.63) is 42.2 Å². The predicted octanol–water partition coefficient (Wildman–Crippen LogP) is 3.57. The summed E-state index contributed by atoms with van der Waals surface area (Å²) in [6, 6.07) is 6.77. The van der Waals surface area contributed by atoms with Crippen molar-refractivity contribution in [2.45, 2.75) is 30.7 Å². The molecule has 1 saturated carbocycles. The fraction of sp³-hybridized carbons (Fsp3) is 0.421. The molecule has 0 radical (unpaired) electrons. The largest absolute Gasteiger partial charge is 0.495 e. The Morgan fingerprint density at radius 2 is 2.16 bits per heavy atom. The molecule has 1 aliphatic heterocycles. The smallest absolute Gasteiger partial charge is 0.143 e. The Labute approximate surface area is 154 Å². The van der Waals surface area contributed by atoms with Gasteiger partial charge in [-0.15, -0.1) is 11.8 Å². The second-order valence-corrected chi connectivity index (χ2v) is 7.14. The van der Waals surface area contributed by atoms with Crippen LogP contribution < -0.4 is 20.7 Å². The summed E-state index contributed by atoms with van der Waals surface area (Å²) in [5.41, 5.74) is 2.11. The topological polar surface area (TPSA) is 57.7 Å². The average molecular weight is 359 g/mol. The van der Waals surface area contributed by atoms with Crippen LogP contribution in [0.2, 0.25) is 0 Å². The van der Waals surface area contributed by atoms with E-state index in [9.17, 15) is 0 Å². The summed E-state index contributed by atoms with van der Waals surface area (Å²) in [6.07, 6.45) is 10.8. The summed E-state index contributed by atoms with van der Waals surface area (Å²) in [4.78, 5) is 5.81. The molecule has 0 saturated heterocycles. The third kappa shape index (κ3) is 4.95. The normalized spacial score (nSPS) is 21.6. The molecule has 134 valence electrons. The molecule has 0 bridgehead atoms. The number of methoxy groups -OCH3 is 1. The summed E-state index contributed by atoms with van der Waals surface area (Å²) in [5.74, 6) is 1.94. The molecule has 3 rings (SSSR count). The Balaban J connectivity index is 1.85. The van der Waals surface area contributed by atoms with E-state index in [0.717, 1.165) is 17.3 Å². The number of benzene rings is 1. The summed E-state index contributed by atoms with van der Waals surface area (Å²) in [6.45, 7) is 2.72. The van der Waals surface area contributed by atoms with Crippen LogP contribution in [0.5, 0.6) is 5.75 Å². The van der Waals surface area contributed by atoms with Gasteiger partial charge in [-0.2, -0.15) is 0 Å².